The van der Waals surface area contributed by atoms with Crippen molar-refractivity contribution in [2.75, 3.05) is 14.2 Å². The van der Waals surface area contributed by atoms with E-state index in [9.17, 15) is 9.59 Å². The second kappa shape index (κ2) is 13.6. The molecule has 3 aromatic rings. The fraction of sp³-hybridized carbons (Fsp3) is 0.429. The number of methoxy groups -OCH3 is 2. The third-order valence-corrected chi connectivity index (χ3v) is 9.22. The molecular formula is C35H40N4O4Zn-2. The minimum absolute atomic E-state index is 0. The molecule has 9 heteroatoms. The number of esters is 2. The van der Waals surface area contributed by atoms with Gasteiger partial charge in [-0.15, -0.1) is 22.1 Å². The fourth-order valence-corrected chi connectivity index (χ4v) is 6.23. The molecule has 0 fully saturated rings. The van der Waals surface area contributed by atoms with Gasteiger partial charge in [-0.3, -0.25) is 14.6 Å². The minimum Gasteiger partial charge on any atom is -0.657 e. The summed E-state index contributed by atoms with van der Waals surface area (Å²) in [4.78, 5) is 44.6. The molecule has 228 valence electrons. The molecule has 2 atom stereocenters. The number of allylic oxidation sites excluding steroid dienone is 2. The molecule has 0 N–H and O–H groups in total. The molecule has 0 spiro atoms. The summed E-state index contributed by atoms with van der Waals surface area (Å²) in [6.45, 7) is 12.7. The Balaban J connectivity index is 0.00000442. The molecule has 5 rings (SSSR count). The monoisotopic (exact) mass is 644 g/mol. The Hall–Kier alpha value is -3.58. The molecule has 0 saturated heterocycles. The predicted octanol–water partition coefficient (Wildman–Crippen LogP) is 6.78. The van der Waals surface area contributed by atoms with Gasteiger partial charge in [-0.2, -0.15) is 0 Å². The molecule has 2 unspecified atom stereocenters. The Morgan fingerprint density at radius 1 is 0.750 bits per heavy atom. The summed E-state index contributed by atoms with van der Waals surface area (Å²) in [5, 5.41) is 0. The first kappa shape index (κ1) is 33.3. The Bertz CT molecular complexity index is 1800. The number of aromatic nitrogens is 4. The number of ether oxygens (including phenoxy) is 2. The zero-order chi connectivity index (χ0) is 31.0. The first-order chi connectivity index (χ1) is 20.6. The minimum atomic E-state index is -0.273. The predicted molar refractivity (Wildman–Crippen MR) is 169 cm³/mol. The van der Waals surface area contributed by atoms with Crippen LogP contribution in [0.25, 0.3) is 33.2 Å². The number of fused-ring (bicyclic) bond motifs is 8. The average molecular weight is 646 g/mol. The van der Waals surface area contributed by atoms with Gasteiger partial charge in [0.05, 0.1) is 25.6 Å². The fourth-order valence-electron chi connectivity index (χ4n) is 6.23. The molecule has 5 heterocycles. The van der Waals surface area contributed by atoms with E-state index in [1.54, 1.807) is 0 Å². The van der Waals surface area contributed by atoms with Gasteiger partial charge in [0, 0.05) is 55.5 Å². The Morgan fingerprint density at radius 3 is 1.93 bits per heavy atom. The largest absolute Gasteiger partial charge is 0.657 e. The zero-order valence-electron chi connectivity index (χ0n) is 27.1. The van der Waals surface area contributed by atoms with Crippen LogP contribution in [0.15, 0.2) is 24.3 Å². The molecule has 0 aliphatic carbocycles. The van der Waals surface area contributed by atoms with Crippen LogP contribution in [0.5, 0.6) is 0 Å². The van der Waals surface area contributed by atoms with E-state index in [0.29, 0.717) is 12.8 Å². The third kappa shape index (κ3) is 6.30. The van der Waals surface area contributed by atoms with E-state index < -0.39 is 0 Å². The summed E-state index contributed by atoms with van der Waals surface area (Å²) >= 11 is 0. The summed E-state index contributed by atoms with van der Waals surface area (Å²) in [5.74, 6) is -0.0346. The van der Waals surface area contributed by atoms with Crippen molar-refractivity contribution in [1.29, 1.82) is 0 Å². The number of hydrogen-bond acceptors (Lipinski definition) is 6. The van der Waals surface area contributed by atoms with Crippen LogP contribution < -0.4 is 9.97 Å². The van der Waals surface area contributed by atoms with E-state index in [0.717, 1.165) is 84.7 Å². The van der Waals surface area contributed by atoms with E-state index >= 15 is 0 Å². The summed E-state index contributed by atoms with van der Waals surface area (Å²) in [6, 6.07) is 8.26. The van der Waals surface area contributed by atoms with Crippen LogP contribution >= 0.6 is 0 Å². The Labute approximate surface area is 271 Å². The average Bonchev–Trinajstić information content (AvgIpc) is 3.64. The van der Waals surface area contributed by atoms with Crippen LogP contribution in [0.3, 0.4) is 0 Å². The molecule has 0 saturated carbocycles. The van der Waals surface area contributed by atoms with Crippen molar-refractivity contribution in [1.82, 2.24) is 19.9 Å². The van der Waals surface area contributed by atoms with Gasteiger partial charge in [-0.1, -0.05) is 60.4 Å². The third-order valence-electron chi connectivity index (χ3n) is 9.22. The Morgan fingerprint density at radius 2 is 1.30 bits per heavy atom. The molecule has 0 amide bonds. The SMILES string of the molecule is CCC1c2cc3[n-]c(cc4nc(cc5[n-]c(cc(n2)C1C)c(C)c5CCC(=O)OC)C(CCC(=O)OC)=C4C)c(C)c3C.[Zn]. The number of hydrogen-bond donors (Lipinski definition) is 0. The quantitative estimate of drug-likeness (QED) is 0.204. The van der Waals surface area contributed by atoms with Gasteiger partial charge in [-0.05, 0) is 58.1 Å². The van der Waals surface area contributed by atoms with E-state index in [-0.39, 0.29) is 56.1 Å². The van der Waals surface area contributed by atoms with Gasteiger partial charge in [0.2, 0.25) is 0 Å². The van der Waals surface area contributed by atoms with Crippen LogP contribution in [0, 0.1) is 20.8 Å². The molecular weight excluding hydrogens is 606 g/mol. The summed E-state index contributed by atoms with van der Waals surface area (Å²) in [7, 11) is 2.81. The maximum atomic E-state index is 12.1. The standard InChI is InChI=1S/C35H40N4O4.Zn/c1-9-23-20(4)28-15-30-22(6)25(11-13-35(41)43-8)33(39-30)17-32-24(10-12-34(40)42-7)21(5)29(38-32)14-26-18(2)19(3)27(36-26)16-31(23)37-28;/h14-17,20,23H,9-13H2,1-8H3;/q-2;. The summed E-state index contributed by atoms with van der Waals surface area (Å²) in [5.41, 5.74) is 13.2. The number of carbonyl (C=O) groups is 2. The van der Waals surface area contributed by atoms with Crippen molar-refractivity contribution >= 4 is 45.2 Å². The molecule has 2 aliphatic rings. The van der Waals surface area contributed by atoms with Crippen LogP contribution in [0.2, 0.25) is 0 Å². The van der Waals surface area contributed by atoms with Crippen LogP contribution in [-0.2, 0) is 45.0 Å². The molecule has 0 radical (unpaired) electrons. The van der Waals surface area contributed by atoms with E-state index in [1.807, 2.05) is 26.0 Å². The second-order valence-electron chi connectivity index (χ2n) is 11.6. The van der Waals surface area contributed by atoms with E-state index in [2.05, 4.69) is 39.8 Å². The number of carbonyl (C=O) groups excluding carboxylic acids is 2. The van der Waals surface area contributed by atoms with Crippen molar-refractivity contribution in [3.63, 3.8) is 0 Å². The topological polar surface area (TPSA) is 107 Å². The van der Waals surface area contributed by atoms with Gasteiger partial charge in [0.25, 0.3) is 0 Å². The van der Waals surface area contributed by atoms with Gasteiger partial charge in [-0.25, -0.2) is 4.98 Å². The van der Waals surface area contributed by atoms with Gasteiger partial charge in [0.15, 0.2) is 0 Å². The van der Waals surface area contributed by atoms with Crippen LogP contribution in [0.4, 0.5) is 0 Å². The molecule has 3 aromatic heterocycles. The second-order valence-corrected chi connectivity index (χ2v) is 11.6. The van der Waals surface area contributed by atoms with Crippen molar-refractivity contribution in [3.05, 3.63) is 69.3 Å². The summed E-state index contributed by atoms with van der Waals surface area (Å²) in [6.07, 6.45) is 2.43. The maximum Gasteiger partial charge on any atom is 0.305 e. The number of rotatable bonds is 7. The zero-order valence-corrected chi connectivity index (χ0v) is 30.1. The Kier molecular flexibility index (Phi) is 10.3. The van der Waals surface area contributed by atoms with E-state index in [4.69, 9.17) is 29.4 Å². The molecule has 44 heavy (non-hydrogen) atoms. The van der Waals surface area contributed by atoms with Gasteiger partial charge >= 0.3 is 11.9 Å². The summed E-state index contributed by atoms with van der Waals surface area (Å²) < 4.78 is 9.88. The molecule has 8 nitrogen and oxygen atoms in total. The number of nitrogens with zero attached hydrogens (tertiary/aromatic N) is 4. The maximum absolute atomic E-state index is 12.1. The molecule has 8 bridgehead atoms. The van der Waals surface area contributed by atoms with Crippen molar-refractivity contribution in [3.8, 4) is 0 Å². The number of aryl methyl sites for hydroxylation is 4. The molecule has 2 aliphatic heterocycles. The first-order valence-electron chi connectivity index (χ1n) is 15.0. The van der Waals surface area contributed by atoms with Crippen molar-refractivity contribution < 1.29 is 38.5 Å². The van der Waals surface area contributed by atoms with Crippen molar-refractivity contribution in [2.45, 2.75) is 85.5 Å². The first-order valence-corrected chi connectivity index (χ1v) is 15.0. The normalized spacial score (nSPS) is 16.1. The molecule has 0 aromatic carbocycles. The van der Waals surface area contributed by atoms with E-state index in [1.165, 1.54) is 14.2 Å². The van der Waals surface area contributed by atoms with Crippen LogP contribution in [0.1, 0.15) is 103 Å². The van der Waals surface area contributed by atoms with Gasteiger partial charge in [0.1, 0.15) is 0 Å². The van der Waals surface area contributed by atoms with Crippen molar-refractivity contribution in [2.24, 2.45) is 0 Å². The van der Waals surface area contributed by atoms with Gasteiger partial charge < -0.3 is 19.4 Å². The smallest absolute Gasteiger partial charge is 0.305 e. The van der Waals surface area contributed by atoms with Crippen LogP contribution in [-0.4, -0.2) is 36.1 Å².